The Bertz CT molecular complexity index is 309. The van der Waals surface area contributed by atoms with Gasteiger partial charge in [-0.2, -0.15) is 4.31 Å². The molecular weight excluding hydrogens is 240 g/mol. The maximum atomic E-state index is 11.9. The third-order valence-electron chi connectivity index (χ3n) is 2.91. The number of aliphatic hydroxyl groups is 1. The van der Waals surface area contributed by atoms with E-state index in [4.69, 9.17) is 5.11 Å². The summed E-state index contributed by atoms with van der Waals surface area (Å²) in [5.41, 5.74) is 0. The van der Waals surface area contributed by atoms with E-state index in [0.29, 0.717) is 25.4 Å². The summed E-state index contributed by atoms with van der Waals surface area (Å²) in [5, 5.41) is 8.68. The molecule has 0 aromatic heterocycles. The molecule has 6 heteroatoms. The average Bonchev–Trinajstić information content (AvgIpc) is 2.26. The number of nitrogens with zero attached hydrogens (tertiary/aromatic N) is 2. The Morgan fingerprint density at radius 2 is 1.76 bits per heavy atom. The zero-order valence-corrected chi connectivity index (χ0v) is 11.6. The van der Waals surface area contributed by atoms with Crippen molar-refractivity contribution in [3.8, 4) is 0 Å². The molecule has 5 nitrogen and oxygen atoms in total. The highest BCUT2D eigenvalue weighted by Crippen LogP contribution is 2.10. The van der Waals surface area contributed by atoms with E-state index in [2.05, 4.69) is 18.7 Å². The van der Waals surface area contributed by atoms with Crippen LogP contribution in [0, 0.1) is 5.92 Å². The van der Waals surface area contributed by atoms with Crippen molar-refractivity contribution in [2.75, 3.05) is 45.1 Å². The van der Waals surface area contributed by atoms with E-state index in [-0.39, 0.29) is 12.4 Å². The second-order valence-electron chi connectivity index (χ2n) is 4.99. The van der Waals surface area contributed by atoms with Crippen molar-refractivity contribution >= 4 is 10.0 Å². The van der Waals surface area contributed by atoms with Gasteiger partial charge >= 0.3 is 0 Å². The van der Waals surface area contributed by atoms with Crippen LogP contribution in [-0.4, -0.2) is 67.8 Å². The fourth-order valence-corrected chi connectivity index (χ4v) is 3.55. The summed E-state index contributed by atoms with van der Waals surface area (Å²) < 4.78 is 25.3. The summed E-state index contributed by atoms with van der Waals surface area (Å²) in [5.74, 6) is 0.681. The van der Waals surface area contributed by atoms with E-state index in [1.165, 1.54) is 0 Å². The van der Waals surface area contributed by atoms with Crippen LogP contribution in [0.1, 0.15) is 20.3 Å². The summed E-state index contributed by atoms with van der Waals surface area (Å²) in [6, 6.07) is 0. The topological polar surface area (TPSA) is 60.9 Å². The molecular formula is C11H24N2O3S. The molecule has 0 amide bonds. The van der Waals surface area contributed by atoms with Crippen LogP contribution in [0.4, 0.5) is 0 Å². The molecule has 1 fully saturated rings. The first kappa shape index (κ1) is 14.9. The Labute approximate surface area is 104 Å². The number of sulfonamides is 1. The van der Waals surface area contributed by atoms with Gasteiger partial charge in [-0.3, -0.25) is 0 Å². The third-order valence-corrected chi connectivity index (χ3v) is 4.86. The fourth-order valence-electron chi connectivity index (χ4n) is 2.08. The van der Waals surface area contributed by atoms with Crippen molar-refractivity contribution in [3.63, 3.8) is 0 Å². The molecule has 0 aromatic carbocycles. The normalized spacial score (nSPS) is 20.0. The van der Waals surface area contributed by atoms with E-state index in [9.17, 15) is 8.42 Å². The molecule has 0 unspecified atom stereocenters. The molecule has 0 atom stereocenters. The molecule has 0 spiro atoms. The first-order valence-corrected chi connectivity index (χ1v) is 7.87. The second kappa shape index (κ2) is 6.68. The Morgan fingerprint density at radius 3 is 2.24 bits per heavy atom. The van der Waals surface area contributed by atoms with Crippen molar-refractivity contribution < 1.29 is 13.5 Å². The Balaban J connectivity index is 2.40. The summed E-state index contributed by atoms with van der Waals surface area (Å²) in [4.78, 5) is 2.31. The van der Waals surface area contributed by atoms with Crippen molar-refractivity contribution in [2.45, 2.75) is 20.3 Å². The molecule has 102 valence electrons. The van der Waals surface area contributed by atoms with Crippen LogP contribution in [0.2, 0.25) is 0 Å². The summed E-state index contributed by atoms with van der Waals surface area (Å²) in [6.45, 7) is 8.11. The lowest BCUT2D eigenvalue weighted by atomic mass is 10.2. The van der Waals surface area contributed by atoms with Crippen molar-refractivity contribution in [2.24, 2.45) is 5.92 Å². The highest BCUT2D eigenvalue weighted by atomic mass is 32.2. The SMILES string of the molecule is CC(C)CN1CCN(S(=O)(=O)CCCO)CC1. The molecule has 1 aliphatic heterocycles. The quantitative estimate of drug-likeness (QED) is 0.732. The summed E-state index contributed by atoms with van der Waals surface area (Å²) >= 11 is 0. The first-order chi connectivity index (χ1) is 7.95. The third kappa shape index (κ3) is 4.91. The Kier molecular flexibility index (Phi) is 5.85. The Morgan fingerprint density at radius 1 is 1.18 bits per heavy atom. The number of piperazine rings is 1. The number of aliphatic hydroxyl groups excluding tert-OH is 1. The van der Waals surface area contributed by atoms with E-state index in [1.54, 1.807) is 4.31 Å². The van der Waals surface area contributed by atoms with Gasteiger partial charge in [-0.15, -0.1) is 0 Å². The van der Waals surface area contributed by atoms with Gasteiger partial charge in [0, 0.05) is 39.3 Å². The molecule has 1 N–H and O–H groups in total. The maximum Gasteiger partial charge on any atom is 0.214 e. The largest absolute Gasteiger partial charge is 0.396 e. The smallest absolute Gasteiger partial charge is 0.214 e. The fraction of sp³-hybridized carbons (Fsp3) is 1.00. The Hall–Kier alpha value is -0.170. The highest BCUT2D eigenvalue weighted by Gasteiger charge is 2.26. The molecule has 1 heterocycles. The van der Waals surface area contributed by atoms with Crippen LogP contribution in [-0.2, 0) is 10.0 Å². The molecule has 1 saturated heterocycles. The number of hydrogen-bond acceptors (Lipinski definition) is 4. The van der Waals surface area contributed by atoms with Crippen molar-refractivity contribution in [1.29, 1.82) is 0 Å². The van der Waals surface area contributed by atoms with Crippen LogP contribution in [0.15, 0.2) is 0 Å². The minimum atomic E-state index is -3.15. The summed E-state index contributed by atoms with van der Waals surface area (Å²) in [6.07, 6.45) is 0.328. The lowest BCUT2D eigenvalue weighted by Gasteiger charge is -2.34. The van der Waals surface area contributed by atoms with Gasteiger partial charge in [0.15, 0.2) is 0 Å². The minimum absolute atomic E-state index is 0.0630. The standard InChI is InChI=1S/C11H24N2O3S/c1-11(2)10-12-4-6-13(7-5-12)17(15,16)9-3-8-14/h11,14H,3-10H2,1-2H3. The average molecular weight is 264 g/mol. The molecule has 0 radical (unpaired) electrons. The predicted molar refractivity (Wildman–Crippen MR) is 68.3 cm³/mol. The predicted octanol–water partition coefficient (Wildman–Crippen LogP) is -0.0278. The molecule has 17 heavy (non-hydrogen) atoms. The highest BCUT2D eigenvalue weighted by molar-refractivity contribution is 7.89. The minimum Gasteiger partial charge on any atom is -0.396 e. The molecule has 0 aliphatic carbocycles. The molecule has 0 aromatic rings. The van der Waals surface area contributed by atoms with E-state index >= 15 is 0 Å². The van der Waals surface area contributed by atoms with Gasteiger partial charge in [-0.25, -0.2) is 8.42 Å². The molecule has 0 saturated carbocycles. The zero-order chi connectivity index (χ0) is 12.9. The van der Waals surface area contributed by atoms with Gasteiger partial charge in [-0.05, 0) is 12.3 Å². The van der Waals surface area contributed by atoms with Crippen LogP contribution >= 0.6 is 0 Å². The van der Waals surface area contributed by atoms with Crippen LogP contribution in [0.25, 0.3) is 0 Å². The molecule has 1 aliphatic rings. The van der Waals surface area contributed by atoms with Gasteiger partial charge in [0.2, 0.25) is 10.0 Å². The number of hydrogen-bond donors (Lipinski definition) is 1. The van der Waals surface area contributed by atoms with Gasteiger partial charge < -0.3 is 10.0 Å². The van der Waals surface area contributed by atoms with Gasteiger partial charge in [0.1, 0.15) is 0 Å². The first-order valence-electron chi connectivity index (χ1n) is 6.26. The van der Waals surface area contributed by atoms with Gasteiger partial charge in [-0.1, -0.05) is 13.8 Å². The van der Waals surface area contributed by atoms with Crippen LogP contribution in [0.3, 0.4) is 0 Å². The van der Waals surface area contributed by atoms with Crippen molar-refractivity contribution in [3.05, 3.63) is 0 Å². The molecule has 1 rings (SSSR count). The van der Waals surface area contributed by atoms with E-state index in [1.807, 2.05) is 0 Å². The monoisotopic (exact) mass is 264 g/mol. The van der Waals surface area contributed by atoms with Gasteiger partial charge in [0.05, 0.1) is 5.75 Å². The molecule has 0 bridgehead atoms. The van der Waals surface area contributed by atoms with Crippen LogP contribution < -0.4 is 0 Å². The van der Waals surface area contributed by atoms with Gasteiger partial charge in [0.25, 0.3) is 0 Å². The maximum absolute atomic E-state index is 11.9. The van der Waals surface area contributed by atoms with E-state index in [0.717, 1.165) is 19.6 Å². The summed E-state index contributed by atoms with van der Waals surface area (Å²) in [7, 11) is -3.15. The zero-order valence-electron chi connectivity index (χ0n) is 10.8. The lowest BCUT2D eigenvalue weighted by Crippen LogP contribution is -2.50. The second-order valence-corrected chi connectivity index (χ2v) is 7.08. The number of rotatable bonds is 6. The van der Waals surface area contributed by atoms with E-state index < -0.39 is 10.0 Å². The van der Waals surface area contributed by atoms with Crippen molar-refractivity contribution in [1.82, 2.24) is 9.21 Å². The lowest BCUT2D eigenvalue weighted by molar-refractivity contribution is 0.172. The van der Waals surface area contributed by atoms with Crippen LogP contribution in [0.5, 0.6) is 0 Å².